The molecule has 0 spiro atoms. The van der Waals surface area contributed by atoms with Gasteiger partial charge in [0.2, 0.25) is 0 Å². The van der Waals surface area contributed by atoms with Gasteiger partial charge in [0, 0.05) is 30.4 Å². The molecule has 4 rings (SSSR count). The molecule has 0 saturated carbocycles. The lowest BCUT2D eigenvalue weighted by Gasteiger charge is -2.13. The molecule has 34 heavy (non-hydrogen) atoms. The zero-order valence-electron chi connectivity index (χ0n) is 18.6. The van der Waals surface area contributed by atoms with Crippen LogP contribution in [-0.2, 0) is 9.53 Å². The molecule has 2 amide bonds. The van der Waals surface area contributed by atoms with Crippen LogP contribution in [0, 0.1) is 6.92 Å². The number of benzene rings is 2. The number of rotatable bonds is 7. The highest BCUT2D eigenvalue weighted by Crippen LogP contribution is 2.30. The lowest BCUT2D eigenvalue weighted by Crippen LogP contribution is -2.38. The van der Waals surface area contributed by atoms with Gasteiger partial charge in [0.05, 0.1) is 16.1 Å². The van der Waals surface area contributed by atoms with Gasteiger partial charge in [-0.2, -0.15) is 0 Å². The molecule has 2 heterocycles. The highest BCUT2D eigenvalue weighted by molar-refractivity contribution is 6.42. The van der Waals surface area contributed by atoms with Gasteiger partial charge in [-0.05, 0) is 62.2 Å². The number of hydrogen-bond donors (Lipinski definition) is 2. The Morgan fingerprint density at radius 3 is 2.56 bits per heavy atom. The molecule has 176 valence electrons. The second-order valence-corrected chi connectivity index (χ2v) is 8.87. The maximum absolute atomic E-state index is 13.0. The molecule has 0 unspecified atom stereocenters. The van der Waals surface area contributed by atoms with Crippen molar-refractivity contribution in [2.75, 3.05) is 13.2 Å². The third-order valence-corrected chi connectivity index (χ3v) is 6.18. The molecule has 3 aromatic rings. The van der Waals surface area contributed by atoms with Gasteiger partial charge in [0.1, 0.15) is 17.2 Å². The van der Waals surface area contributed by atoms with Gasteiger partial charge in [-0.3, -0.25) is 9.59 Å². The van der Waals surface area contributed by atoms with Gasteiger partial charge in [0.25, 0.3) is 11.8 Å². The third kappa shape index (κ3) is 6.08. The van der Waals surface area contributed by atoms with Crippen LogP contribution in [0.15, 0.2) is 64.7 Å². The number of nitrogens with one attached hydrogen (secondary N) is 2. The van der Waals surface area contributed by atoms with Crippen LogP contribution in [0.1, 0.15) is 34.5 Å². The zero-order valence-corrected chi connectivity index (χ0v) is 20.1. The molecule has 0 bridgehead atoms. The van der Waals surface area contributed by atoms with Gasteiger partial charge in [-0.1, -0.05) is 40.9 Å². The van der Waals surface area contributed by atoms with E-state index in [4.69, 9.17) is 32.4 Å². The molecule has 0 radical (unpaired) electrons. The Hall–Kier alpha value is -3.06. The summed E-state index contributed by atoms with van der Waals surface area (Å²) in [5, 5.41) is 6.41. The van der Waals surface area contributed by atoms with Crippen LogP contribution in [0.2, 0.25) is 10.0 Å². The zero-order chi connectivity index (χ0) is 24.1. The highest BCUT2D eigenvalue weighted by Gasteiger charge is 2.20. The summed E-state index contributed by atoms with van der Waals surface area (Å²) in [6.07, 6.45) is 3.33. The smallest absolute Gasteiger partial charge is 0.268 e. The fourth-order valence-corrected chi connectivity index (χ4v) is 3.84. The van der Waals surface area contributed by atoms with E-state index in [1.807, 2.05) is 19.1 Å². The first-order valence-electron chi connectivity index (χ1n) is 10.9. The molecule has 1 aliphatic rings. The second-order valence-electron chi connectivity index (χ2n) is 8.05. The molecular formula is C26H24Cl2N2O4. The van der Waals surface area contributed by atoms with E-state index >= 15 is 0 Å². The van der Waals surface area contributed by atoms with Crippen molar-refractivity contribution < 1.29 is 18.7 Å². The summed E-state index contributed by atoms with van der Waals surface area (Å²) in [5.74, 6) is 0.125. The molecule has 1 saturated heterocycles. The number of aryl methyl sites for hydroxylation is 1. The van der Waals surface area contributed by atoms with Crippen LogP contribution < -0.4 is 10.6 Å². The molecule has 1 aliphatic heterocycles. The number of hydrogen-bond acceptors (Lipinski definition) is 4. The fraction of sp³-hybridized carbons (Fsp3) is 0.231. The van der Waals surface area contributed by atoms with E-state index in [0.717, 1.165) is 24.0 Å². The van der Waals surface area contributed by atoms with E-state index in [1.54, 1.807) is 42.5 Å². The van der Waals surface area contributed by atoms with Gasteiger partial charge < -0.3 is 19.8 Å². The minimum atomic E-state index is -0.427. The second kappa shape index (κ2) is 10.9. The Balaban J connectivity index is 1.56. The van der Waals surface area contributed by atoms with Crippen LogP contribution in [0.25, 0.3) is 17.4 Å². The van der Waals surface area contributed by atoms with Crippen LogP contribution in [0.5, 0.6) is 0 Å². The molecule has 2 N–H and O–H groups in total. The van der Waals surface area contributed by atoms with Crippen molar-refractivity contribution in [2.24, 2.45) is 0 Å². The predicted octanol–water partition coefficient (Wildman–Crippen LogP) is 5.63. The first-order chi connectivity index (χ1) is 16.4. The van der Waals surface area contributed by atoms with Gasteiger partial charge in [-0.15, -0.1) is 0 Å². The van der Waals surface area contributed by atoms with Crippen molar-refractivity contribution >= 4 is 41.1 Å². The van der Waals surface area contributed by atoms with Crippen molar-refractivity contribution in [1.82, 2.24) is 10.6 Å². The predicted molar refractivity (Wildman–Crippen MR) is 133 cm³/mol. The number of carbonyl (C=O) groups is 2. The van der Waals surface area contributed by atoms with Gasteiger partial charge in [-0.25, -0.2) is 0 Å². The lowest BCUT2D eigenvalue weighted by atomic mass is 10.1. The molecular weight excluding hydrogens is 475 g/mol. The van der Waals surface area contributed by atoms with E-state index in [-0.39, 0.29) is 11.8 Å². The summed E-state index contributed by atoms with van der Waals surface area (Å²) in [6.45, 7) is 2.99. The van der Waals surface area contributed by atoms with E-state index in [1.165, 1.54) is 6.08 Å². The molecule has 1 atom stereocenters. The average molecular weight is 499 g/mol. The number of amides is 2. The summed E-state index contributed by atoms with van der Waals surface area (Å²) < 4.78 is 11.5. The van der Waals surface area contributed by atoms with Gasteiger partial charge >= 0.3 is 0 Å². The number of halogens is 2. The first-order valence-corrected chi connectivity index (χ1v) is 11.7. The lowest BCUT2D eigenvalue weighted by molar-refractivity contribution is -0.118. The normalized spacial score (nSPS) is 15.9. The van der Waals surface area contributed by atoms with Crippen molar-refractivity contribution in [3.63, 3.8) is 0 Å². The van der Waals surface area contributed by atoms with E-state index in [2.05, 4.69) is 10.6 Å². The standard InChI is InChI=1S/C26H24Cl2N2O4/c1-16-4-6-17(7-5-16)25(31)30-23(26(32)29-15-20-3-2-12-33-20)14-19-9-11-24(34-19)18-8-10-21(27)22(28)13-18/h4-11,13-14,20H,2-3,12,15H2,1H3,(H,29,32)(H,30,31)/b23-14+/t20-/m0/s1. The van der Waals surface area contributed by atoms with Crippen molar-refractivity contribution in [3.05, 3.63) is 87.2 Å². The Morgan fingerprint density at radius 1 is 1.06 bits per heavy atom. The topological polar surface area (TPSA) is 80.6 Å². The average Bonchev–Trinajstić information content (AvgIpc) is 3.51. The molecule has 0 aliphatic carbocycles. The molecule has 8 heteroatoms. The third-order valence-electron chi connectivity index (χ3n) is 5.44. The monoisotopic (exact) mass is 498 g/mol. The largest absolute Gasteiger partial charge is 0.457 e. The Kier molecular flexibility index (Phi) is 7.73. The number of ether oxygens (including phenoxy) is 1. The maximum Gasteiger partial charge on any atom is 0.268 e. The number of furan rings is 1. The van der Waals surface area contributed by atoms with E-state index in [9.17, 15) is 9.59 Å². The van der Waals surface area contributed by atoms with Crippen LogP contribution in [0.4, 0.5) is 0 Å². The van der Waals surface area contributed by atoms with Crippen molar-refractivity contribution in [1.29, 1.82) is 0 Å². The summed E-state index contributed by atoms with van der Waals surface area (Å²) in [7, 11) is 0. The van der Waals surface area contributed by atoms with E-state index < -0.39 is 11.8 Å². The summed E-state index contributed by atoms with van der Waals surface area (Å²) >= 11 is 12.1. The maximum atomic E-state index is 13.0. The van der Waals surface area contributed by atoms with Crippen LogP contribution in [-0.4, -0.2) is 31.1 Å². The Bertz CT molecular complexity index is 1210. The summed E-state index contributed by atoms with van der Waals surface area (Å²) in [5.41, 5.74) is 2.28. The minimum Gasteiger partial charge on any atom is -0.457 e. The van der Waals surface area contributed by atoms with Gasteiger partial charge in [0.15, 0.2) is 0 Å². The first kappa shape index (κ1) is 24.1. The molecule has 2 aromatic carbocycles. The summed E-state index contributed by atoms with van der Waals surface area (Å²) in [6, 6.07) is 15.7. The van der Waals surface area contributed by atoms with Crippen LogP contribution in [0.3, 0.4) is 0 Å². The Morgan fingerprint density at radius 2 is 1.85 bits per heavy atom. The minimum absolute atomic E-state index is 0.0251. The molecule has 6 nitrogen and oxygen atoms in total. The summed E-state index contributed by atoms with van der Waals surface area (Å²) in [4.78, 5) is 25.8. The highest BCUT2D eigenvalue weighted by atomic mass is 35.5. The van der Waals surface area contributed by atoms with Crippen LogP contribution >= 0.6 is 23.2 Å². The fourth-order valence-electron chi connectivity index (χ4n) is 3.54. The quantitative estimate of drug-likeness (QED) is 0.413. The number of carbonyl (C=O) groups excluding carboxylic acids is 2. The van der Waals surface area contributed by atoms with E-state index in [0.29, 0.717) is 40.3 Å². The molecule has 1 fully saturated rings. The molecule has 1 aromatic heterocycles. The van der Waals surface area contributed by atoms with Crippen molar-refractivity contribution in [2.45, 2.75) is 25.9 Å². The Labute approximate surface area is 207 Å². The van der Waals surface area contributed by atoms with Crippen molar-refractivity contribution in [3.8, 4) is 11.3 Å². The SMILES string of the molecule is Cc1ccc(C(=O)N/C(=C/c2ccc(-c3ccc(Cl)c(Cl)c3)o2)C(=O)NC[C@@H]2CCCO2)cc1.